The van der Waals surface area contributed by atoms with Gasteiger partial charge in [-0.3, -0.25) is 0 Å². The van der Waals surface area contributed by atoms with Gasteiger partial charge in [-0.2, -0.15) is 0 Å². The maximum absolute atomic E-state index is 14.3. The summed E-state index contributed by atoms with van der Waals surface area (Å²) in [5.41, 5.74) is 8.74. The molecule has 3 aromatic carbocycles. The summed E-state index contributed by atoms with van der Waals surface area (Å²) in [4.78, 5) is 0. The molecule has 0 amide bonds. The Morgan fingerprint density at radius 3 is 2.52 bits per heavy atom. The predicted molar refractivity (Wildman–Crippen MR) is 98.3 cm³/mol. The van der Waals surface area contributed by atoms with Crippen LogP contribution in [0.5, 0.6) is 11.5 Å². The summed E-state index contributed by atoms with van der Waals surface area (Å²) < 4.78 is 47.1. The van der Waals surface area contributed by atoms with E-state index in [2.05, 4.69) is 0 Å². The van der Waals surface area contributed by atoms with Crippen LogP contribution in [0.15, 0.2) is 54.6 Å². The van der Waals surface area contributed by atoms with E-state index >= 15 is 0 Å². The van der Waals surface area contributed by atoms with Crippen molar-refractivity contribution < 1.29 is 17.9 Å². The Morgan fingerprint density at radius 1 is 0.852 bits per heavy atom. The van der Waals surface area contributed by atoms with Gasteiger partial charge in [0.2, 0.25) is 0 Å². The van der Waals surface area contributed by atoms with Gasteiger partial charge in [-0.25, -0.2) is 13.2 Å². The number of aryl methyl sites for hydroxylation is 1. The highest BCUT2D eigenvalue weighted by molar-refractivity contribution is 5.71. The summed E-state index contributed by atoms with van der Waals surface area (Å²) in [5.74, 6) is -2.99. The van der Waals surface area contributed by atoms with E-state index in [0.29, 0.717) is 17.1 Å². The molecule has 138 valence electrons. The molecule has 1 unspecified atom stereocenters. The lowest BCUT2D eigenvalue weighted by molar-refractivity contribution is 0.447. The van der Waals surface area contributed by atoms with Crippen molar-refractivity contribution in [1.82, 2.24) is 0 Å². The Hall–Kier alpha value is -2.79. The molecule has 0 aromatic heterocycles. The molecule has 0 saturated heterocycles. The van der Waals surface area contributed by atoms with E-state index in [1.807, 2.05) is 18.2 Å². The van der Waals surface area contributed by atoms with E-state index in [9.17, 15) is 13.2 Å². The smallest absolute Gasteiger partial charge is 0.195 e. The molecule has 5 heteroatoms. The summed E-state index contributed by atoms with van der Waals surface area (Å²) in [5, 5.41) is 0. The fraction of sp³-hybridized carbons (Fsp3) is 0.182. The summed E-state index contributed by atoms with van der Waals surface area (Å²) in [6.07, 6.45) is 2.69. The Labute approximate surface area is 155 Å². The van der Waals surface area contributed by atoms with Gasteiger partial charge in [0.15, 0.2) is 17.5 Å². The van der Waals surface area contributed by atoms with Gasteiger partial charge in [0.1, 0.15) is 11.5 Å². The van der Waals surface area contributed by atoms with Crippen LogP contribution in [0, 0.1) is 17.5 Å². The SMILES string of the molecule is NC1CCc2ccc(Oc3ccccc3-c3ccc(F)c(F)c3F)cc2C1. The molecular formula is C22H18F3NO. The normalized spacial score (nSPS) is 16.1. The van der Waals surface area contributed by atoms with Crippen LogP contribution in [0.25, 0.3) is 11.1 Å². The lowest BCUT2D eigenvalue weighted by Crippen LogP contribution is -2.27. The fourth-order valence-corrected chi connectivity index (χ4v) is 3.46. The van der Waals surface area contributed by atoms with Gasteiger partial charge < -0.3 is 10.5 Å². The Kier molecular flexibility index (Phi) is 4.62. The number of hydrogen-bond donors (Lipinski definition) is 1. The fourth-order valence-electron chi connectivity index (χ4n) is 3.46. The largest absolute Gasteiger partial charge is 0.457 e. The van der Waals surface area contributed by atoms with E-state index in [4.69, 9.17) is 10.5 Å². The molecule has 0 spiro atoms. The summed E-state index contributed by atoms with van der Waals surface area (Å²) >= 11 is 0. The lowest BCUT2D eigenvalue weighted by atomic mass is 9.89. The number of rotatable bonds is 3. The van der Waals surface area contributed by atoms with E-state index in [1.165, 1.54) is 11.6 Å². The highest BCUT2D eigenvalue weighted by Crippen LogP contribution is 2.36. The van der Waals surface area contributed by atoms with E-state index in [1.54, 1.807) is 24.3 Å². The second kappa shape index (κ2) is 7.08. The maximum atomic E-state index is 14.3. The molecule has 4 rings (SSSR count). The third-order valence-electron chi connectivity index (χ3n) is 4.88. The molecule has 0 fully saturated rings. The quantitative estimate of drug-likeness (QED) is 0.629. The zero-order chi connectivity index (χ0) is 19.0. The second-order valence-electron chi connectivity index (χ2n) is 6.75. The van der Waals surface area contributed by atoms with Crippen molar-refractivity contribution in [2.45, 2.75) is 25.3 Å². The first-order chi connectivity index (χ1) is 13.0. The maximum Gasteiger partial charge on any atom is 0.195 e. The molecule has 0 bridgehead atoms. The number of ether oxygens (including phenoxy) is 1. The molecule has 2 N–H and O–H groups in total. The van der Waals surface area contributed by atoms with Crippen molar-refractivity contribution in [1.29, 1.82) is 0 Å². The summed E-state index contributed by atoms with van der Waals surface area (Å²) in [6.45, 7) is 0. The van der Waals surface area contributed by atoms with Crippen LogP contribution in [0.4, 0.5) is 13.2 Å². The molecule has 3 aromatic rings. The third kappa shape index (κ3) is 3.43. The minimum atomic E-state index is -1.50. The van der Waals surface area contributed by atoms with Crippen molar-refractivity contribution >= 4 is 0 Å². The average Bonchev–Trinajstić information content (AvgIpc) is 2.67. The molecular weight excluding hydrogens is 351 g/mol. The average molecular weight is 369 g/mol. The first-order valence-corrected chi connectivity index (χ1v) is 8.81. The molecule has 0 radical (unpaired) electrons. The number of fused-ring (bicyclic) bond motifs is 1. The molecule has 0 heterocycles. The van der Waals surface area contributed by atoms with Crippen molar-refractivity contribution in [3.05, 3.63) is 83.2 Å². The van der Waals surface area contributed by atoms with Gasteiger partial charge in [-0.15, -0.1) is 0 Å². The standard InChI is InChI=1S/C22H18F3NO/c23-19-10-9-18(21(24)22(19)25)17-3-1-2-4-20(17)27-16-8-6-13-5-7-15(26)11-14(13)12-16/h1-4,6,8-10,12,15H,5,7,11,26H2. The molecule has 1 atom stereocenters. The van der Waals surface area contributed by atoms with Gasteiger partial charge in [0.05, 0.1) is 0 Å². The van der Waals surface area contributed by atoms with Crippen LogP contribution in [0.1, 0.15) is 17.5 Å². The molecule has 2 nitrogen and oxygen atoms in total. The monoisotopic (exact) mass is 369 g/mol. The van der Waals surface area contributed by atoms with Gasteiger partial charge in [0, 0.05) is 17.2 Å². The van der Waals surface area contributed by atoms with Crippen LogP contribution in [-0.2, 0) is 12.8 Å². The van der Waals surface area contributed by atoms with Gasteiger partial charge >= 0.3 is 0 Å². The number of benzene rings is 3. The minimum absolute atomic E-state index is 0.0514. The first-order valence-electron chi connectivity index (χ1n) is 8.81. The van der Waals surface area contributed by atoms with Gasteiger partial charge in [0.25, 0.3) is 0 Å². The zero-order valence-corrected chi connectivity index (χ0v) is 14.5. The number of para-hydroxylation sites is 1. The Bertz CT molecular complexity index is 1000. The van der Waals surface area contributed by atoms with E-state index < -0.39 is 17.5 Å². The van der Waals surface area contributed by atoms with Crippen LogP contribution in [-0.4, -0.2) is 6.04 Å². The topological polar surface area (TPSA) is 35.2 Å². The van der Waals surface area contributed by atoms with Crippen LogP contribution in [0.2, 0.25) is 0 Å². The molecule has 1 aliphatic carbocycles. The highest BCUT2D eigenvalue weighted by atomic mass is 19.2. The third-order valence-corrected chi connectivity index (χ3v) is 4.88. The number of hydrogen-bond acceptors (Lipinski definition) is 2. The summed E-state index contributed by atoms with van der Waals surface area (Å²) in [6, 6.07) is 14.8. The van der Waals surface area contributed by atoms with Crippen LogP contribution in [0.3, 0.4) is 0 Å². The van der Waals surface area contributed by atoms with Gasteiger partial charge in [-0.05, 0) is 60.7 Å². The highest BCUT2D eigenvalue weighted by Gasteiger charge is 2.19. The van der Waals surface area contributed by atoms with Gasteiger partial charge in [-0.1, -0.05) is 24.3 Å². The summed E-state index contributed by atoms with van der Waals surface area (Å²) in [7, 11) is 0. The van der Waals surface area contributed by atoms with E-state index in [0.717, 1.165) is 30.9 Å². The Morgan fingerprint density at radius 2 is 1.67 bits per heavy atom. The molecule has 1 aliphatic rings. The molecule has 0 aliphatic heterocycles. The number of halogens is 3. The van der Waals surface area contributed by atoms with Crippen molar-refractivity contribution in [2.75, 3.05) is 0 Å². The Balaban J connectivity index is 1.71. The zero-order valence-electron chi connectivity index (χ0n) is 14.5. The second-order valence-corrected chi connectivity index (χ2v) is 6.75. The first kappa shape index (κ1) is 17.6. The lowest BCUT2D eigenvalue weighted by Gasteiger charge is -2.22. The van der Waals surface area contributed by atoms with E-state index in [-0.39, 0.29) is 11.6 Å². The van der Waals surface area contributed by atoms with Crippen molar-refractivity contribution in [3.63, 3.8) is 0 Å². The van der Waals surface area contributed by atoms with Crippen molar-refractivity contribution in [3.8, 4) is 22.6 Å². The van der Waals surface area contributed by atoms with Crippen LogP contribution < -0.4 is 10.5 Å². The minimum Gasteiger partial charge on any atom is -0.457 e. The molecule has 27 heavy (non-hydrogen) atoms. The van der Waals surface area contributed by atoms with Crippen molar-refractivity contribution in [2.24, 2.45) is 5.73 Å². The predicted octanol–water partition coefficient (Wildman–Crippen LogP) is 5.38. The molecule has 0 saturated carbocycles. The van der Waals surface area contributed by atoms with Crippen LogP contribution >= 0.6 is 0 Å². The number of nitrogens with two attached hydrogens (primary N) is 1.